The molecule has 7 heteroatoms. The second-order valence-electron chi connectivity index (χ2n) is 7.02. The van der Waals surface area contributed by atoms with Crippen molar-refractivity contribution in [1.82, 2.24) is 4.57 Å². The van der Waals surface area contributed by atoms with Gasteiger partial charge in [0.25, 0.3) is 5.91 Å². The number of anilines is 1. The first kappa shape index (κ1) is 20.1. The third-order valence-corrected chi connectivity index (χ3v) is 5.10. The molecule has 0 saturated heterocycles. The molecule has 156 valence electrons. The number of methoxy groups -OCH3 is 1. The fourth-order valence-corrected chi connectivity index (χ4v) is 3.60. The lowest BCUT2D eigenvalue weighted by molar-refractivity contribution is -0.112. The monoisotopic (exact) mass is 415 g/mol. The van der Waals surface area contributed by atoms with Crippen molar-refractivity contribution in [1.29, 1.82) is 5.26 Å². The number of nitriles is 1. The topological polar surface area (TPSA) is 85.5 Å². The van der Waals surface area contributed by atoms with Gasteiger partial charge in [-0.25, -0.2) is 0 Å². The molecule has 0 radical (unpaired) electrons. The molecule has 31 heavy (non-hydrogen) atoms. The van der Waals surface area contributed by atoms with Crippen LogP contribution in [0.1, 0.15) is 17.0 Å². The van der Waals surface area contributed by atoms with Crippen molar-refractivity contribution in [3.63, 3.8) is 0 Å². The quantitative estimate of drug-likeness (QED) is 0.494. The van der Waals surface area contributed by atoms with E-state index >= 15 is 0 Å². The molecule has 0 fully saturated rings. The fraction of sp³-hybridized carbons (Fsp3) is 0.167. The number of hydrogen-bond acceptors (Lipinski definition) is 5. The van der Waals surface area contributed by atoms with Gasteiger partial charge in [0.1, 0.15) is 17.4 Å². The van der Waals surface area contributed by atoms with Gasteiger partial charge in [-0.05, 0) is 55.8 Å². The molecule has 0 aliphatic carbocycles. The predicted molar refractivity (Wildman–Crippen MR) is 117 cm³/mol. The molecule has 0 spiro atoms. The first-order chi connectivity index (χ1) is 15.0. The van der Waals surface area contributed by atoms with Gasteiger partial charge in [-0.15, -0.1) is 0 Å². The second kappa shape index (κ2) is 8.28. The molecule has 2 aromatic carbocycles. The number of carbonyl (C=O) groups is 1. The Balaban J connectivity index is 1.65. The summed E-state index contributed by atoms with van der Waals surface area (Å²) in [7, 11) is 1.52. The van der Waals surface area contributed by atoms with E-state index in [0.29, 0.717) is 22.9 Å². The van der Waals surface area contributed by atoms with Gasteiger partial charge in [0, 0.05) is 23.1 Å². The van der Waals surface area contributed by atoms with E-state index < -0.39 is 5.91 Å². The van der Waals surface area contributed by atoms with Crippen LogP contribution in [0.3, 0.4) is 0 Å². The van der Waals surface area contributed by atoms with Crippen molar-refractivity contribution in [2.75, 3.05) is 19.2 Å². The van der Waals surface area contributed by atoms with E-state index in [1.165, 1.54) is 7.11 Å². The van der Waals surface area contributed by atoms with Crippen LogP contribution in [0, 0.1) is 25.2 Å². The molecule has 0 unspecified atom stereocenters. The highest BCUT2D eigenvalue weighted by Crippen LogP contribution is 2.35. The number of rotatable bonds is 5. The van der Waals surface area contributed by atoms with E-state index in [0.717, 1.165) is 22.6 Å². The summed E-state index contributed by atoms with van der Waals surface area (Å²) >= 11 is 0. The maximum Gasteiger partial charge on any atom is 0.266 e. The van der Waals surface area contributed by atoms with Gasteiger partial charge in [-0.1, -0.05) is 12.1 Å². The number of benzene rings is 2. The van der Waals surface area contributed by atoms with E-state index in [1.807, 2.05) is 48.7 Å². The molecule has 0 bridgehead atoms. The fourth-order valence-electron chi connectivity index (χ4n) is 3.60. The zero-order valence-electron chi connectivity index (χ0n) is 17.4. The van der Waals surface area contributed by atoms with Crippen molar-refractivity contribution >= 4 is 17.7 Å². The van der Waals surface area contributed by atoms with Crippen molar-refractivity contribution < 1.29 is 19.0 Å². The van der Waals surface area contributed by atoms with Crippen LogP contribution >= 0.6 is 0 Å². The molecule has 0 saturated carbocycles. The molecule has 1 aliphatic rings. The molecular formula is C24H21N3O4. The van der Waals surface area contributed by atoms with Crippen LogP contribution in [0.25, 0.3) is 11.8 Å². The minimum Gasteiger partial charge on any atom is -0.495 e. The second-order valence-corrected chi connectivity index (χ2v) is 7.02. The van der Waals surface area contributed by atoms with Gasteiger partial charge in [-0.2, -0.15) is 5.26 Å². The van der Waals surface area contributed by atoms with E-state index in [4.69, 9.17) is 14.2 Å². The van der Waals surface area contributed by atoms with Crippen LogP contribution in [-0.4, -0.2) is 24.4 Å². The maximum atomic E-state index is 12.7. The number of ether oxygens (including phenoxy) is 3. The molecule has 1 aromatic heterocycles. The molecular weight excluding hydrogens is 394 g/mol. The molecule has 7 nitrogen and oxygen atoms in total. The molecule has 1 N–H and O–H groups in total. The van der Waals surface area contributed by atoms with Gasteiger partial charge in [-0.3, -0.25) is 4.79 Å². The van der Waals surface area contributed by atoms with Gasteiger partial charge in [0.2, 0.25) is 6.79 Å². The Bertz CT molecular complexity index is 1230. The highest BCUT2D eigenvalue weighted by molar-refractivity contribution is 6.10. The van der Waals surface area contributed by atoms with Crippen LogP contribution in [0.2, 0.25) is 0 Å². The number of aromatic nitrogens is 1. The van der Waals surface area contributed by atoms with E-state index in [1.54, 1.807) is 30.3 Å². The zero-order chi connectivity index (χ0) is 22.0. The van der Waals surface area contributed by atoms with Crippen LogP contribution in [0.5, 0.6) is 17.2 Å². The van der Waals surface area contributed by atoms with Crippen LogP contribution in [0.4, 0.5) is 5.69 Å². The molecule has 1 amide bonds. The van der Waals surface area contributed by atoms with E-state index in [2.05, 4.69) is 5.32 Å². The SMILES string of the molecule is COc1ccccc1NC(=O)/C(C#N)=C/c1cc(C)n(-c2ccc3c(c2)OCO3)c1C. The average molecular weight is 415 g/mol. The summed E-state index contributed by atoms with van der Waals surface area (Å²) in [6.07, 6.45) is 1.59. The Morgan fingerprint density at radius 3 is 2.71 bits per heavy atom. The van der Waals surface area contributed by atoms with Crippen LogP contribution in [-0.2, 0) is 4.79 Å². The van der Waals surface area contributed by atoms with Crippen LogP contribution < -0.4 is 19.5 Å². The van der Waals surface area contributed by atoms with Gasteiger partial charge >= 0.3 is 0 Å². The number of fused-ring (bicyclic) bond motifs is 1. The summed E-state index contributed by atoms with van der Waals surface area (Å²) in [6.45, 7) is 4.12. The number of hydrogen-bond donors (Lipinski definition) is 1. The Morgan fingerprint density at radius 2 is 1.94 bits per heavy atom. The first-order valence-electron chi connectivity index (χ1n) is 9.67. The lowest BCUT2D eigenvalue weighted by Crippen LogP contribution is -2.14. The Morgan fingerprint density at radius 1 is 1.16 bits per heavy atom. The summed E-state index contributed by atoms with van der Waals surface area (Å²) in [5, 5.41) is 12.3. The van der Waals surface area contributed by atoms with Gasteiger partial charge in [0.05, 0.1) is 12.8 Å². The first-order valence-corrected chi connectivity index (χ1v) is 9.67. The standard InChI is InChI=1S/C24H21N3O4/c1-15-10-17(16(2)27(15)19-8-9-22-23(12-19)31-14-30-22)11-18(13-25)24(28)26-20-6-4-5-7-21(20)29-3/h4-12H,14H2,1-3H3,(H,26,28)/b18-11+. The third kappa shape index (κ3) is 3.83. The smallest absolute Gasteiger partial charge is 0.266 e. The van der Waals surface area contributed by atoms with Crippen molar-refractivity contribution in [2.24, 2.45) is 0 Å². The molecule has 2 heterocycles. The number of amides is 1. The minimum absolute atomic E-state index is 0.00292. The lowest BCUT2D eigenvalue weighted by Gasteiger charge is -2.11. The summed E-state index contributed by atoms with van der Waals surface area (Å²) < 4.78 is 18.2. The third-order valence-electron chi connectivity index (χ3n) is 5.10. The van der Waals surface area contributed by atoms with Crippen molar-refractivity contribution in [3.05, 3.63) is 71.1 Å². The molecule has 0 atom stereocenters. The molecule has 3 aromatic rings. The van der Waals surface area contributed by atoms with E-state index in [9.17, 15) is 10.1 Å². The number of para-hydroxylation sites is 2. The zero-order valence-corrected chi connectivity index (χ0v) is 17.4. The summed E-state index contributed by atoms with van der Waals surface area (Å²) in [5.74, 6) is 1.43. The number of aryl methyl sites for hydroxylation is 1. The number of nitrogens with one attached hydrogen (secondary N) is 1. The summed E-state index contributed by atoms with van der Waals surface area (Å²) in [4.78, 5) is 12.7. The highest BCUT2D eigenvalue weighted by Gasteiger charge is 2.18. The van der Waals surface area contributed by atoms with Gasteiger partial charge in [0.15, 0.2) is 11.5 Å². The Kier molecular flexibility index (Phi) is 5.37. The number of carbonyl (C=O) groups excluding carboxylic acids is 1. The van der Waals surface area contributed by atoms with Crippen LogP contribution in [0.15, 0.2) is 54.1 Å². The minimum atomic E-state index is -0.500. The van der Waals surface area contributed by atoms with Gasteiger partial charge < -0.3 is 24.1 Å². The predicted octanol–water partition coefficient (Wildman–Crippen LogP) is 4.38. The average Bonchev–Trinajstić information content (AvgIpc) is 3.35. The Labute approximate surface area is 180 Å². The highest BCUT2D eigenvalue weighted by atomic mass is 16.7. The largest absolute Gasteiger partial charge is 0.495 e. The normalized spacial score (nSPS) is 12.4. The van der Waals surface area contributed by atoms with Crippen molar-refractivity contribution in [2.45, 2.75) is 13.8 Å². The summed E-state index contributed by atoms with van der Waals surface area (Å²) in [5.41, 5.74) is 4.05. The lowest BCUT2D eigenvalue weighted by atomic mass is 10.1. The molecule has 4 rings (SSSR count). The molecule has 1 aliphatic heterocycles. The maximum absolute atomic E-state index is 12.7. The number of nitrogens with zero attached hydrogens (tertiary/aromatic N) is 2. The van der Waals surface area contributed by atoms with Crippen molar-refractivity contribution in [3.8, 4) is 29.0 Å². The Hall–Kier alpha value is -4.18. The van der Waals surface area contributed by atoms with E-state index in [-0.39, 0.29) is 12.4 Å². The summed E-state index contributed by atoms with van der Waals surface area (Å²) in [6, 6.07) is 16.7.